The molecule has 0 amide bonds. The molecule has 2 aromatic carbocycles. The molecule has 26 heavy (non-hydrogen) atoms. The fourth-order valence-corrected chi connectivity index (χ4v) is 3.58. The van der Waals surface area contributed by atoms with Gasteiger partial charge in [-0.2, -0.15) is 0 Å². The molecule has 0 radical (unpaired) electrons. The molecule has 0 aliphatic heterocycles. The molecule has 0 spiro atoms. The number of guanidine groups is 1. The second-order valence-electron chi connectivity index (χ2n) is 6.55. The van der Waals surface area contributed by atoms with E-state index in [1.807, 2.05) is 24.9 Å². The van der Waals surface area contributed by atoms with Crippen LogP contribution >= 0.6 is 11.8 Å². The smallest absolute Gasteiger partial charge is 0.191 e. The van der Waals surface area contributed by atoms with Crippen LogP contribution in [-0.2, 0) is 13.1 Å². The van der Waals surface area contributed by atoms with E-state index in [4.69, 9.17) is 0 Å². The Morgan fingerprint density at radius 2 is 1.65 bits per heavy atom. The number of aliphatic imine (C=N–C) groups is 1. The van der Waals surface area contributed by atoms with Crippen LogP contribution in [-0.4, -0.2) is 43.8 Å². The molecule has 2 aromatic rings. The Kier molecular flexibility index (Phi) is 8.51. The summed E-state index contributed by atoms with van der Waals surface area (Å²) in [7, 11) is 6.00. The minimum Gasteiger partial charge on any atom is -0.355 e. The maximum Gasteiger partial charge on any atom is 0.191 e. The molecule has 0 aromatic heterocycles. The van der Waals surface area contributed by atoms with E-state index in [0.29, 0.717) is 5.25 Å². The van der Waals surface area contributed by atoms with Gasteiger partial charge < -0.3 is 15.5 Å². The number of rotatable bonds is 8. The summed E-state index contributed by atoms with van der Waals surface area (Å²) in [5, 5.41) is 7.31. The minimum atomic E-state index is 0.456. The molecule has 5 heteroatoms. The summed E-state index contributed by atoms with van der Waals surface area (Å²) in [6.45, 7) is 4.79. The Balaban J connectivity index is 1.83. The maximum absolute atomic E-state index is 4.35. The highest BCUT2D eigenvalue weighted by Crippen LogP contribution is 2.21. The lowest BCUT2D eigenvalue weighted by Crippen LogP contribution is -2.39. The molecule has 2 rings (SSSR count). The Morgan fingerprint density at radius 1 is 1.00 bits per heavy atom. The van der Waals surface area contributed by atoms with Crippen LogP contribution < -0.4 is 10.6 Å². The van der Waals surface area contributed by atoms with Crippen molar-refractivity contribution in [3.63, 3.8) is 0 Å². The molecular weight excluding hydrogens is 340 g/mol. The van der Waals surface area contributed by atoms with Gasteiger partial charge in [0, 0.05) is 36.8 Å². The minimum absolute atomic E-state index is 0.456. The summed E-state index contributed by atoms with van der Waals surface area (Å²) < 4.78 is 0. The fraction of sp³-hybridized carbons (Fsp3) is 0.381. The molecule has 0 bridgehead atoms. The molecule has 1 unspecified atom stereocenters. The van der Waals surface area contributed by atoms with E-state index >= 15 is 0 Å². The van der Waals surface area contributed by atoms with Crippen molar-refractivity contribution in [3.05, 3.63) is 65.7 Å². The van der Waals surface area contributed by atoms with Gasteiger partial charge in [-0.25, -0.2) is 0 Å². The SMILES string of the molecule is CN=C(NCc1ccccc1CN(C)C)NCC(C)Sc1ccccc1. The van der Waals surface area contributed by atoms with Crippen molar-refractivity contribution < 1.29 is 0 Å². The van der Waals surface area contributed by atoms with Crippen LogP contribution in [0.5, 0.6) is 0 Å². The first-order valence-electron chi connectivity index (χ1n) is 8.96. The molecule has 0 fully saturated rings. The molecule has 0 heterocycles. The van der Waals surface area contributed by atoms with Gasteiger partial charge in [-0.15, -0.1) is 11.8 Å². The van der Waals surface area contributed by atoms with E-state index in [0.717, 1.165) is 25.6 Å². The van der Waals surface area contributed by atoms with Gasteiger partial charge in [-0.3, -0.25) is 4.99 Å². The molecule has 1 atom stereocenters. The van der Waals surface area contributed by atoms with Crippen LogP contribution in [0.4, 0.5) is 0 Å². The van der Waals surface area contributed by atoms with Gasteiger partial charge in [0.25, 0.3) is 0 Å². The molecule has 4 nitrogen and oxygen atoms in total. The number of hydrogen-bond donors (Lipinski definition) is 2. The Labute approximate surface area is 162 Å². The van der Waals surface area contributed by atoms with Crippen molar-refractivity contribution in [3.8, 4) is 0 Å². The van der Waals surface area contributed by atoms with Gasteiger partial charge >= 0.3 is 0 Å². The van der Waals surface area contributed by atoms with Crippen LogP contribution in [0, 0.1) is 0 Å². The summed E-state index contributed by atoms with van der Waals surface area (Å²) in [6, 6.07) is 19.0. The van der Waals surface area contributed by atoms with Gasteiger partial charge in [0.05, 0.1) is 0 Å². The summed E-state index contributed by atoms with van der Waals surface area (Å²) in [4.78, 5) is 7.83. The molecule has 140 valence electrons. The average Bonchev–Trinajstić information content (AvgIpc) is 2.63. The van der Waals surface area contributed by atoms with E-state index in [-0.39, 0.29) is 0 Å². The molecule has 0 saturated heterocycles. The van der Waals surface area contributed by atoms with Crippen LogP contribution in [0.2, 0.25) is 0 Å². The average molecular weight is 371 g/mol. The van der Waals surface area contributed by atoms with Crippen molar-refractivity contribution in [1.29, 1.82) is 0 Å². The highest BCUT2D eigenvalue weighted by Gasteiger charge is 2.07. The molecule has 0 saturated carbocycles. The summed E-state index contributed by atoms with van der Waals surface area (Å²) in [6.07, 6.45) is 0. The van der Waals surface area contributed by atoms with Crippen molar-refractivity contribution in [1.82, 2.24) is 15.5 Å². The Hall–Kier alpha value is -1.98. The first kappa shape index (κ1) is 20.3. The van der Waals surface area contributed by atoms with Crippen molar-refractivity contribution in [2.75, 3.05) is 27.7 Å². The zero-order chi connectivity index (χ0) is 18.8. The Bertz CT molecular complexity index is 685. The lowest BCUT2D eigenvalue weighted by molar-refractivity contribution is 0.400. The quantitative estimate of drug-likeness (QED) is 0.423. The normalized spacial score (nSPS) is 12.9. The Morgan fingerprint density at radius 3 is 2.31 bits per heavy atom. The fourth-order valence-electron chi connectivity index (χ4n) is 2.64. The lowest BCUT2D eigenvalue weighted by atomic mass is 10.1. The van der Waals surface area contributed by atoms with E-state index in [2.05, 4.69) is 90.1 Å². The van der Waals surface area contributed by atoms with Gasteiger partial charge in [0.1, 0.15) is 0 Å². The number of hydrogen-bond acceptors (Lipinski definition) is 3. The topological polar surface area (TPSA) is 39.7 Å². The van der Waals surface area contributed by atoms with Crippen molar-refractivity contribution >= 4 is 17.7 Å². The van der Waals surface area contributed by atoms with Gasteiger partial charge in [0.15, 0.2) is 5.96 Å². The molecule has 2 N–H and O–H groups in total. The summed E-state index contributed by atoms with van der Waals surface area (Å²) in [5.41, 5.74) is 2.64. The summed E-state index contributed by atoms with van der Waals surface area (Å²) >= 11 is 1.87. The number of nitrogens with zero attached hydrogens (tertiary/aromatic N) is 2. The van der Waals surface area contributed by atoms with Crippen molar-refractivity contribution in [2.24, 2.45) is 4.99 Å². The molecule has 0 aliphatic carbocycles. The third-order valence-electron chi connectivity index (χ3n) is 3.91. The maximum atomic E-state index is 4.35. The van der Waals surface area contributed by atoms with Crippen LogP contribution in [0.25, 0.3) is 0 Å². The van der Waals surface area contributed by atoms with Crippen molar-refractivity contribution in [2.45, 2.75) is 30.2 Å². The first-order valence-corrected chi connectivity index (χ1v) is 9.84. The number of thioether (sulfide) groups is 1. The van der Waals surface area contributed by atoms with Crippen LogP contribution in [0.1, 0.15) is 18.1 Å². The van der Waals surface area contributed by atoms with E-state index in [9.17, 15) is 0 Å². The highest BCUT2D eigenvalue weighted by molar-refractivity contribution is 8.00. The standard InChI is InChI=1S/C21H30N4S/c1-17(26-20-12-6-5-7-13-20)14-23-21(22-2)24-15-18-10-8-9-11-19(18)16-25(3)4/h5-13,17H,14-16H2,1-4H3,(H2,22,23,24). The summed E-state index contributed by atoms with van der Waals surface area (Å²) in [5.74, 6) is 0.838. The third-order valence-corrected chi connectivity index (χ3v) is 5.03. The monoisotopic (exact) mass is 370 g/mol. The van der Waals surface area contributed by atoms with E-state index in [1.165, 1.54) is 16.0 Å². The largest absolute Gasteiger partial charge is 0.355 e. The zero-order valence-electron chi connectivity index (χ0n) is 16.2. The van der Waals surface area contributed by atoms with Gasteiger partial charge in [-0.1, -0.05) is 49.4 Å². The number of benzene rings is 2. The van der Waals surface area contributed by atoms with Gasteiger partial charge in [-0.05, 0) is 37.4 Å². The lowest BCUT2D eigenvalue weighted by Gasteiger charge is -2.18. The molecule has 0 aliphatic rings. The third kappa shape index (κ3) is 7.10. The van der Waals surface area contributed by atoms with Gasteiger partial charge in [0.2, 0.25) is 0 Å². The predicted molar refractivity (Wildman–Crippen MR) is 114 cm³/mol. The van der Waals surface area contributed by atoms with Crippen LogP contribution in [0.3, 0.4) is 0 Å². The van der Waals surface area contributed by atoms with E-state index in [1.54, 1.807) is 0 Å². The second-order valence-corrected chi connectivity index (χ2v) is 8.07. The number of nitrogens with one attached hydrogen (secondary N) is 2. The highest BCUT2D eigenvalue weighted by atomic mass is 32.2. The zero-order valence-corrected chi connectivity index (χ0v) is 17.0. The predicted octanol–water partition coefficient (Wildman–Crippen LogP) is 3.59. The van der Waals surface area contributed by atoms with Crippen LogP contribution in [0.15, 0.2) is 64.5 Å². The second kappa shape index (κ2) is 10.9. The molecular formula is C21H30N4S. The van der Waals surface area contributed by atoms with E-state index < -0.39 is 0 Å². The first-order chi connectivity index (χ1) is 12.6.